The molecule has 74 valence electrons. The molecule has 14 heavy (non-hydrogen) atoms. The van der Waals surface area contributed by atoms with Crippen LogP contribution in [-0.4, -0.2) is 20.6 Å². The molecule has 0 saturated carbocycles. The molecule has 0 bridgehead atoms. The molecule has 0 radical (unpaired) electrons. The van der Waals surface area contributed by atoms with Gasteiger partial charge in [-0.1, -0.05) is 0 Å². The van der Waals surface area contributed by atoms with Gasteiger partial charge in [-0.25, -0.2) is 4.79 Å². The number of carbonyl (C=O) groups is 1. The number of carboxylic acid groups (broad SMARTS) is 1. The van der Waals surface area contributed by atoms with Gasteiger partial charge in [-0.05, 0) is 0 Å². The minimum atomic E-state index is -1.48. The van der Waals surface area contributed by atoms with Crippen molar-refractivity contribution in [2.24, 2.45) is 7.05 Å². The molecule has 1 aromatic rings. The van der Waals surface area contributed by atoms with Crippen molar-refractivity contribution in [2.75, 3.05) is 0 Å². The average Bonchev–Trinajstić information content (AvgIpc) is 2.07. The summed E-state index contributed by atoms with van der Waals surface area (Å²) in [5.41, 5.74) is -2.44. The summed E-state index contributed by atoms with van der Waals surface area (Å²) < 4.78 is 1.16. The first-order chi connectivity index (χ1) is 6.43. The van der Waals surface area contributed by atoms with E-state index in [0.717, 1.165) is 17.0 Å². The lowest BCUT2D eigenvalue weighted by molar-refractivity contribution is -0.386. The van der Waals surface area contributed by atoms with E-state index in [1.54, 1.807) is 0 Å². The Morgan fingerprint density at radius 2 is 2.14 bits per heavy atom. The fourth-order valence-corrected chi connectivity index (χ4v) is 0.971. The van der Waals surface area contributed by atoms with E-state index in [1.807, 2.05) is 0 Å². The summed E-state index contributed by atoms with van der Waals surface area (Å²) in [6.45, 7) is 0. The Balaban J connectivity index is 3.56. The highest BCUT2D eigenvalue weighted by molar-refractivity contribution is 5.87. The molecule has 0 unspecified atom stereocenters. The van der Waals surface area contributed by atoms with Gasteiger partial charge >= 0.3 is 11.7 Å². The number of rotatable bonds is 2. The first kappa shape index (κ1) is 9.90. The van der Waals surface area contributed by atoms with Crippen LogP contribution in [0, 0.1) is 10.1 Å². The lowest BCUT2D eigenvalue weighted by atomic mass is 10.2. The van der Waals surface area contributed by atoms with Crippen molar-refractivity contribution in [1.82, 2.24) is 4.57 Å². The number of hydrogen-bond donors (Lipinski definition) is 1. The number of aromatic carboxylic acids is 1. The Morgan fingerprint density at radius 1 is 1.57 bits per heavy atom. The van der Waals surface area contributed by atoms with E-state index in [1.165, 1.54) is 7.05 Å². The first-order valence-corrected chi connectivity index (χ1v) is 3.51. The van der Waals surface area contributed by atoms with Gasteiger partial charge in [0.15, 0.2) is 0 Å². The summed E-state index contributed by atoms with van der Waals surface area (Å²) in [6.07, 6.45) is 1.99. The largest absolute Gasteiger partial charge is 0.477 e. The van der Waals surface area contributed by atoms with Gasteiger partial charge in [0.1, 0.15) is 5.56 Å². The van der Waals surface area contributed by atoms with E-state index < -0.39 is 27.6 Å². The van der Waals surface area contributed by atoms with Gasteiger partial charge in [0.05, 0.1) is 11.1 Å². The second-order valence-electron chi connectivity index (χ2n) is 2.61. The van der Waals surface area contributed by atoms with Crippen LogP contribution in [0.3, 0.4) is 0 Å². The maximum atomic E-state index is 11.2. The average molecular weight is 198 g/mol. The van der Waals surface area contributed by atoms with Crippen LogP contribution < -0.4 is 5.43 Å². The number of nitrogens with zero attached hydrogens (tertiary/aromatic N) is 2. The zero-order valence-corrected chi connectivity index (χ0v) is 7.13. The first-order valence-electron chi connectivity index (χ1n) is 3.51. The SMILES string of the molecule is Cn1cc(C(=O)O)c(=O)c([N+](=O)[O-])c1. The third-order valence-electron chi connectivity index (χ3n) is 1.56. The van der Waals surface area contributed by atoms with E-state index in [4.69, 9.17) is 5.11 Å². The monoisotopic (exact) mass is 198 g/mol. The lowest BCUT2D eigenvalue weighted by Crippen LogP contribution is -2.19. The highest BCUT2D eigenvalue weighted by atomic mass is 16.6. The minimum absolute atomic E-state index is 0.610. The highest BCUT2D eigenvalue weighted by Crippen LogP contribution is 2.04. The lowest BCUT2D eigenvalue weighted by Gasteiger charge is -1.99. The molecule has 0 aliphatic carbocycles. The summed E-state index contributed by atoms with van der Waals surface area (Å²) in [5, 5.41) is 18.9. The third kappa shape index (κ3) is 1.60. The molecule has 1 aromatic heterocycles. The molecule has 0 fully saturated rings. The Kier molecular flexibility index (Phi) is 2.32. The second-order valence-corrected chi connectivity index (χ2v) is 2.61. The van der Waals surface area contributed by atoms with Gasteiger partial charge in [-0.15, -0.1) is 0 Å². The van der Waals surface area contributed by atoms with Crippen molar-refractivity contribution in [3.63, 3.8) is 0 Å². The highest BCUT2D eigenvalue weighted by Gasteiger charge is 2.19. The summed E-state index contributed by atoms with van der Waals surface area (Å²) in [7, 11) is 1.40. The molecule has 0 aromatic carbocycles. The van der Waals surface area contributed by atoms with Gasteiger partial charge in [0.2, 0.25) is 0 Å². The van der Waals surface area contributed by atoms with E-state index >= 15 is 0 Å². The van der Waals surface area contributed by atoms with Crippen LogP contribution in [0.15, 0.2) is 17.2 Å². The molecule has 0 atom stereocenters. The molecule has 0 saturated heterocycles. The fourth-order valence-electron chi connectivity index (χ4n) is 0.971. The van der Waals surface area contributed by atoms with Crippen LogP contribution in [-0.2, 0) is 7.05 Å². The summed E-state index contributed by atoms with van der Waals surface area (Å²) >= 11 is 0. The molecule has 1 N–H and O–H groups in total. The number of aryl methyl sites for hydroxylation is 1. The van der Waals surface area contributed by atoms with Gasteiger partial charge in [-0.3, -0.25) is 14.9 Å². The van der Waals surface area contributed by atoms with Gasteiger partial charge < -0.3 is 9.67 Å². The number of pyridine rings is 1. The van der Waals surface area contributed by atoms with Gasteiger partial charge in [0.25, 0.3) is 5.43 Å². The molecule has 1 heterocycles. The molecule has 1 rings (SSSR count). The summed E-state index contributed by atoms with van der Waals surface area (Å²) in [5.74, 6) is -1.48. The number of carboxylic acids is 1. The number of aromatic nitrogens is 1. The van der Waals surface area contributed by atoms with Crippen molar-refractivity contribution >= 4 is 11.7 Å². The quantitative estimate of drug-likeness (QED) is 0.531. The van der Waals surface area contributed by atoms with Crippen molar-refractivity contribution < 1.29 is 14.8 Å². The third-order valence-corrected chi connectivity index (χ3v) is 1.56. The Hall–Kier alpha value is -2.18. The second kappa shape index (κ2) is 3.29. The molecule has 0 aliphatic heterocycles. The van der Waals surface area contributed by atoms with Crippen LogP contribution in [0.25, 0.3) is 0 Å². The Labute approximate surface area is 77.4 Å². The Bertz CT molecular complexity index is 423. The van der Waals surface area contributed by atoms with E-state index in [2.05, 4.69) is 0 Å². The number of hydrogen-bond acceptors (Lipinski definition) is 4. The maximum absolute atomic E-state index is 11.2. The van der Waals surface area contributed by atoms with Crippen LogP contribution >= 0.6 is 0 Å². The molecule has 7 nitrogen and oxygen atoms in total. The molecular weight excluding hydrogens is 192 g/mol. The zero-order chi connectivity index (χ0) is 10.9. The van der Waals surface area contributed by atoms with E-state index in [9.17, 15) is 19.7 Å². The molecule has 7 heteroatoms. The standard InChI is InChI=1S/C7H6N2O5/c1-8-2-4(7(11)12)6(10)5(3-8)9(13)14/h2-3H,1H3,(H,11,12). The summed E-state index contributed by atoms with van der Waals surface area (Å²) in [6, 6.07) is 0. The van der Waals surface area contributed by atoms with Crippen molar-refractivity contribution in [3.8, 4) is 0 Å². The maximum Gasteiger partial charge on any atom is 0.341 e. The Morgan fingerprint density at radius 3 is 2.57 bits per heavy atom. The van der Waals surface area contributed by atoms with E-state index in [0.29, 0.717) is 0 Å². The molecule has 0 aliphatic rings. The molecule has 0 amide bonds. The smallest absolute Gasteiger partial charge is 0.341 e. The zero-order valence-electron chi connectivity index (χ0n) is 7.13. The van der Waals surface area contributed by atoms with Gasteiger partial charge in [0, 0.05) is 13.2 Å². The van der Waals surface area contributed by atoms with Crippen LogP contribution in [0.4, 0.5) is 5.69 Å². The summed E-state index contributed by atoms with van der Waals surface area (Å²) in [4.78, 5) is 31.1. The minimum Gasteiger partial charge on any atom is -0.477 e. The van der Waals surface area contributed by atoms with Crippen molar-refractivity contribution in [1.29, 1.82) is 0 Å². The fraction of sp³-hybridized carbons (Fsp3) is 0.143. The topological polar surface area (TPSA) is 102 Å². The molecule has 0 spiro atoms. The van der Waals surface area contributed by atoms with Gasteiger partial charge in [-0.2, -0.15) is 0 Å². The van der Waals surface area contributed by atoms with Crippen molar-refractivity contribution in [2.45, 2.75) is 0 Å². The normalized spacial score (nSPS) is 9.79. The van der Waals surface area contributed by atoms with E-state index in [-0.39, 0.29) is 0 Å². The van der Waals surface area contributed by atoms with Crippen LogP contribution in [0.5, 0.6) is 0 Å². The van der Waals surface area contributed by atoms with Crippen LogP contribution in [0.2, 0.25) is 0 Å². The predicted octanol–water partition coefficient (Wildman–Crippen LogP) is -0.00830. The predicted molar refractivity (Wildman–Crippen MR) is 45.3 cm³/mol. The van der Waals surface area contributed by atoms with Crippen LogP contribution in [0.1, 0.15) is 10.4 Å². The number of nitro groups is 1. The van der Waals surface area contributed by atoms with Crippen molar-refractivity contribution in [3.05, 3.63) is 38.3 Å². The molecular formula is C7H6N2O5.